The Labute approximate surface area is 123 Å². The third kappa shape index (κ3) is 3.69. The second-order valence-corrected chi connectivity index (χ2v) is 3.69. The van der Waals surface area contributed by atoms with Crippen molar-refractivity contribution in [3.63, 3.8) is 0 Å². The zero-order valence-corrected chi connectivity index (χ0v) is 11.1. The van der Waals surface area contributed by atoms with Crippen LogP contribution in [0.1, 0.15) is 0 Å². The van der Waals surface area contributed by atoms with Gasteiger partial charge in [-0.2, -0.15) is 0 Å². The van der Waals surface area contributed by atoms with Crippen molar-refractivity contribution in [2.75, 3.05) is 6.61 Å². The molecule has 0 aromatic carbocycles. The van der Waals surface area contributed by atoms with Gasteiger partial charge in [0, 0.05) is 12.2 Å². The highest BCUT2D eigenvalue weighted by Gasteiger charge is 2.63. The van der Waals surface area contributed by atoms with E-state index in [-0.39, 0.29) is 0 Å². The standard InChI is InChI=1S/C12H12O10/c1-3-7(13)21-5-6(22-8(14)4-2)12(9(15)16,10(17)18)11(19)20/h3-4,6H,1-2,5H2,(H,15,16)(H,17,18)(H,19,20). The van der Waals surface area contributed by atoms with Gasteiger partial charge < -0.3 is 24.8 Å². The number of ether oxygens (including phenoxy) is 2. The van der Waals surface area contributed by atoms with Crippen molar-refractivity contribution in [1.82, 2.24) is 0 Å². The van der Waals surface area contributed by atoms with Gasteiger partial charge in [-0.15, -0.1) is 0 Å². The Morgan fingerprint density at radius 2 is 1.32 bits per heavy atom. The van der Waals surface area contributed by atoms with Crippen LogP contribution in [-0.4, -0.2) is 57.9 Å². The molecule has 0 spiro atoms. The van der Waals surface area contributed by atoms with Gasteiger partial charge in [-0.3, -0.25) is 14.4 Å². The lowest BCUT2D eigenvalue weighted by Crippen LogP contribution is -2.57. The highest BCUT2D eigenvalue weighted by Crippen LogP contribution is 2.27. The second-order valence-electron chi connectivity index (χ2n) is 3.69. The number of hydrogen-bond acceptors (Lipinski definition) is 7. The minimum Gasteiger partial charge on any atom is -0.480 e. The van der Waals surface area contributed by atoms with E-state index in [1.54, 1.807) is 0 Å². The van der Waals surface area contributed by atoms with E-state index in [9.17, 15) is 24.0 Å². The molecule has 0 aliphatic heterocycles. The molecule has 0 rings (SSSR count). The molecule has 0 aromatic rings. The molecule has 0 aromatic heterocycles. The Morgan fingerprint density at radius 1 is 0.909 bits per heavy atom. The number of rotatable bonds is 9. The fraction of sp³-hybridized carbons (Fsp3) is 0.250. The monoisotopic (exact) mass is 316 g/mol. The van der Waals surface area contributed by atoms with E-state index in [0.717, 1.165) is 0 Å². The molecular formula is C12H12O10. The molecule has 0 saturated heterocycles. The number of hydrogen-bond donors (Lipinski definition) is 3. The Balaban J connectivity index is 5.87. The van der Waals surface area contributed by atoms with Gasteiger partial charge >= 0.3 is 29.8 Å². The topological polar surface area (TPSA) is 164 Å². The first kappa shape index (κ1) is 18.8. The normalized spacial score (nSPS) is 11.6. The van der Waals surface area contributed by atoms with Crippen LogP contribution in [0.25, 0.3) is 0 Å². The van der Waals surface area contributed by atoms with Gasteiger partial charge in [0.15, 0.2) is 6.10 Å². The maximum atomic E-state index is 11.2. The fourth-order valence-electron chi connectivity index (χ4n) is 1.34. The fourth-order valence-corrected chi connectivity index (χ4v) is 1.34. The van der Waals surface area contributed by atoms with Crippen molar-refractivity contribution in [2.45, 2.75) is 6.10 Å². The molecule has 0 aliphatic rings. The molecule has 0 aliphatic carbocycles. The molecule has 0 fully saturated rings. The van der Waals surface area contributed by atoms with E-state index < -0.39 is 48.0 Å². The third-order valence-electron chi connectivity index (χ3n) is 2.46. The van der Waals surface area contributed by atoms with Crippen LogP contribution in [0, 0.1) is 5.41 Å². The Hall–Kier alpha value is -3.17. The molecular weight excluding hydrogens is 304 g/mol. The highest BCUT2D eigenvalue weighted by molar-refractivity contribution is 6.17. The van der Waals surface area contributed by atoms with Crippen LogP contribution in [-0.2, 0) is 33.4 Å². The van der Waals surface area contributed by atoms with E-state index in [0.29, 0.717) is 12.2 Å². The van der Waals surface area contributed by atoms with Gasteiger partial charge in [0.25, 0.3) is 5.41 Å². The number of carbonyl (C=O) groups is 5. The largest absolute Gasteiger partial charge is 0.480 e. The van der Waals surface area contributed by atoms with Gasteiger partial charge in [-0.05, 0) is 0 Å². The summed E-state index contributed by atoms with van der Waals surface area (Å²) in [5.74, 6) is -9.35. The van der Waals surface area contributed by atoms with Crippen LogP contribution in [0.2, 0.25) is 0 Å². The zero-order chi connectivity index (χ0) is 17.5. The van der Waals surface area contributed by atoms with Gasteiger partial charge in [0.2, 0.25) is 0 Å². The van der Waals surface area contributed by atoms with Crippen LogP contribution < -0.4 is 0 Å². The van der Waals surface area contributed by atoms with Crippen LogP contribution in [0.4, 0.5) is 0 Å². The summed E-state index contributed by atoms with van der Waals surface area (Å²) in [6.07, 6.45) is -1.12. The predicted molar refractivity (Wildman–Crippen MR) is 66.6 cm³/mol. The van der Waals surface area contributed by atoms with Crippen molar-refractivity contribution in [3.8, 4) is 0 Å². The zero-order valence-electron chi connectivity index (χ0n) is 11.1. The van der Waals surface area contributed by atoms with Gasteiger partial charge in [-0.1, -0.05) is 13.2 Å². The molecule has 10 heteroatoms. The van der Waals surface area contributed by atoms with Crippen molar-refractivity contribution >= 4 is 29.8 Å². The third-order valence-corrected chi connectivity index (χ3v) is 2.46. The SMILES string of the molecule is C=CC(=O)OCC(OC(=O)C=C)C(C(=O)O)(C(=O)O)C(=O)O. The van der Waals surface area contributed by atoms with E-state index >= 15 is 0 Å². The molecule has 10 nitrogen and oxygen atoms in total. The first-order valence-corrected chi connectivity index (χ1v) is 5.46. The van der Waals surface area contributed by atoms with E-state index in [1.807, 2.05) is 0 Å². The van der Waals surface area contributed by atoms with Crippen molar-refractivity contribution in [2.24, 2.45) is 5.41 Å². The van der Waals surface area contributed by atoms with Crippen molar-refractivity contribution in [3.05, 3.63) is 25.3 Å². The Bertz CT molecular complexity index is 496. The Morgan fingerprint density at radius 3 is 1.64 bits per heavy atom. The maximum absolute atomic E-state index is 11.2. The lowest BCUT2D eigenvalue weighted by molar-refractivity contribution is -0.193. The number of carboxylic acids is 3. The van der Waals surface area contributed by atoms with Crippen LogP contribution >= 0.6 is 0 Å². The molecule has 3 N–H and O–H groups in total. The molecule has 0 radical (unpaired) electrons. The average molecular weight is 316 g/mol. The summed E-state index contributed by atoms with van der Waals surface area (Å²) in [6.45, 7) is 4.91. The lowest BCUT2D eigenvalue weighted by Gasteiger charge is -2.28. The van der Waals surface area contributed by atoms with Crippen LogP contribution in [0.15, 0.2) is 25.3 Å². The van der Waals surface area contributed by atoms with Crippen molar-refractivity contribution < 1.29 is 48.8 Å². The minimum absolute atomic E-state index is 0.554. The van der Waals surface area contributed by atoms with Crippen LogP contribution in [0.5, 0.6) is 0 Å². The number of carbonyl (C=O) groups excluding carboxylic acids is 2. The van der Waals surface area contributed by atoms with Crippen LogP contribution in [0.3, 0.4) is 0 Å². The first-order valence-electron chi connectivity index (χ1n) is 5.46. The molecule has 120 valence electrons. The van der Waals surface area contributed by atoms with E-state index in [1.165, 1.54) is 0 Å². The summed E-state index contributed by atoms with van der Waals surface area (Å²) in [6, 6.07) is 0. The summed E-state index contributed by atoms with van der Waals surface area (Å²) >= 11 is 0. The summed E-state index contributed by atoms with van der Waals surface area (Å²) in [7, 11) is 0. The summed E-state index contributed by atoms with van der Waals surface area (Å²) in [5, 5.41) is 27.0. The summed E-state index contributed by atoms with van der Waals surface area (Å²) < 4.78 is 8.83. The van der Waals surface area contributed by atoms with E-state index in [4.69, 9.17) is 15.3 Å². The van der Waals surface area contributed by atoms with Gasteiger partial charge in [0.1, 0.15) is 6.61 Å². The summed E-state index contributed by atoms with van der Waals surface area (Å²) in [4.78, 5) is 55.7. The molecule has 1 unspecified atom stereocenters. The number of esters is 2. The molecule has 0 saturated carbocycles. The highest BCUT2D eigenvalue weighted by atomic mass is 16.6. The van der Waals surface area contributed by atoms with E-state index in [2.05, 4.69) is 22.6 Å². The maximum Gasteiger partial charge on any atom is 0.336 e. The molecule has 0 amide bonds. The molecule has 1 atom stereocenters. The first-order chi connectivity index (χ1) is 10.1. The minimum atomic E-state index is -3.57. The Kier molecular flexibility index (Phi) is 6.48. The van der Waals surface area contributed by atoms with Gasteiger partial charge in [-0.25, -0.2) is 9.59 Å². The van der Waals surface area contributed by atoms with Gasteiger partial charge in [0.05, 0.1) is 0 Å². The predicted octanol–water partition coefficient (Wildman–Crippen LogP) is -0.946. The lowest BCUT2D eigenvalue weighted by atomic mass is 9.82. The quantitative estimate of drug-likeness (QED) is 0.274. The second kappa shape index (κ2) is 7.57. The van der Waals surface area contributed by atoms with Crippen molar-refractivity contribution in [1.29, 1.82) is 0 Å². The molecule has 0 heterocycles. The smallest absolute Gasteiger partial charge is 0.336 e. The molecule has 0 bridgehead atoms. The number of carboxylic acid groups (broad SMARTS) is 3. The number of aliphatic carboxylic acids is 3. The summed E-state index contributed by atoms with van der Waals surface area (Å²) in [5.41, 5.74) is -3.57. The molecule has 22 heavy (non-hydrogen) atoms. The average Bonchev–Trinajstić information content (AvgIpc) is 2.43.